The van der Waals surface area contributed by atoms with Crippen molar-refractivity contribution < 1.29 is 14.3 Å². The van der Waals surface area contributed by atoms with Crippen LogP contribution in [0, 0.1) is 17.3 Å². The molecule has 2 unspecified atom stereocenters. The highest BCUT2D eigenvalue weighted by atomic mass is 16.5. The molecule has 2 atom stereocenters. The summed E-state index contributed by atoms with van der Waals surface area (Å²) in [6, 6.07) is 7.90. The van der Waals surface area contributed by atoms with Crippen LogP contribution in [-0.2, 0) is 16.0 Å². The quantitative estimate of drug-likeness (QED) is 0.763. The number of esters is 1. The smallest absolute Gasteiger partial charge is 0.309 e. The summed E-state index contributed by atoms with van der Waals surface area (Å²) in [4.78, 5) is 12.5. The normalized spacial score (nSPS) is 23.8. The second-order valence-electron chi connectivity index (χ2n) is 7.10. The van der Waals surface area contributed by atoms with Gasteiger partial charge in [-0.05, 0) is 41.9 Å². The van der Waals surface area contributed by atoms with Crippen molar-refractivity contribution >= 4 is 5.97 Å². The Bertz CT molecular complexity index is 490. The first-order valence-electron chi connectivity index (χ1n) is 8.23. The monoisotopic (exact) mass is 304 g/mol. The SMILES string of the molecule is COc1ccc(CCOC(=O)C2C(C)CCCC2(C)C)cc1. The minimum atomic E-state index is -0.0225. The number of ether oxygens (including phenoxy) is 2. The van der Waals surface area contributed by atoms with Crippen LogP contribution in [0.4, 0.5) is 0 Å². The summed E-state index contributed by atoms with van der Waals surface area (Å²) in [5, 5.41) is 0. The third-order valence-electron chi connectivity index (χ3n) is 4.94. The molecular formula is C19H28O3. The summed E-state index contributed by atoms with van der Waals surface area (Å²) in [6.45, 7) is 7.01. The van der Waals surface area contributed by atoms with E-state index in [4.69, 9.17) is 9.47 Å². The van der Waals surface area contributed by atoms with E-state index in [-0.39, 0.29) is 17.3 Å². The topological polar surface area (TPSA) is 35.5 Å². The number of benzene rings is 1. The van der Waals surface area contributed by atoms with Crippen molar-refractivity contribution in [3.8, 4) is 5.75 Å². The van der Waals surface area contributed by atoms with Crippen molar-refractivity contribution in [1.82, 2.24) is 0 Å². The van der Waals surface area contributed by atoms with E-state index in [9.17, 15) is 4.79 Å². The molecule has 1 aliphatic carbocycles. The molecular weight excluding hydrogens is 276 g/mol. The van der Waals surface area contributed by atoms with Gasteiger partial charge in [-0.15, -0.1) is 0 Å². The predicted molar refractivity (Wildman–Crippen MR) is 87.9 cm³/mol. The van der Waals surface area contributed by atoms with E-state index in [1.165, 1.54) is 6.42 Å². The number of carbonyl (C=O) groups excluding carboxylic acids is 1. The lowest BCUT2D eigenvalue weighted by Crippen LogP contribution is -2.40. The van der Waals surface area contributed by atoms with Crippen LogP contribution >= 0.6 is 0 Å². The van der Waals surface area contributed by atoms with E-state index in [1.54, 1.807) is 7.11 Å². The third kappa shape index (κ3) is 4.02. The molecule has 0 spiro atoms. The van der Waals surface area contributed by atoms with E-state index in [0.717, 1.165) is 30.6 Å². The second-order valence-corrected chi connectivity index (χ2v) is 7.10. The highest BCUT2D eigenvalue weighted by Gasteiger charge is 2.42. The van der Waals surface area contributed by atoms with Crippen molar-refractivity contribution in [3.05, 3.63) is 29.8 Å². The fourth-order valence-corrected chi connectivity index (χ4v) is 3.67. The Hall–Kier alpha value is -1.51. The van der Waals surface area contributed by atoms with Crippen LogP contribution in [0.15, 0.2) is 24.3 Å². The highest BCUT2D eigenvalue weighted by Crippen LogP contribution is 2.44. The predicted octanol–water partition coefficient (Wildman–Crippen LogP) is 4.24. The molecule has 1 aromatic carbocycles. The molecule has 0 amide bonds. The largest absolute Gasteiger partial charge is 0.497 e. The molecule has 22 heavy (non-hydrogen) atoms. The van der Waals surface area contributed by atoms with Gasteiger partial charge in [0.05, 0.1) is 19.6 Å². The van der Waals surface area contributed by atoms with Gasteiger partial charge >= 0.3 is 5.97 Å². The van der Waals surface area contributed by atoms with Crippen LogP contribution in [0.2, 0.25) is 0 Å². The van der Waals surface area contributed by atoms with Crippen molar-refractivity contribution in [2.45, 2.75) is 46.5 Å². The zero-order valence-corrected chi connectivity index (χ0v) is 14.2. The molecule has 0 aromatic heterocycles. The standard InChI is InChI=1S/C19H28O3/c1-14-6-5-12-19(2,3)17(14)18(20)22-13-11-15-7-9-16(21-4)10-8-15/h7-10,14,17H,5-6,11-13H2,1-4H3. The van der Waals surface area contributed by atoms with Crippen LogP contribution in [0.5, 0.6) is 5.75 Å². The molecule has 1 aliphatic rings. The van der Waals surface area contributed by atoms with Crippen LogP contribution in [-0.4, -0.2) is 19.7 Å². The molecule has 0 bridgehead atoms. The van der Waals surface area contributed by atoms with Crippen molar-refractivity contribution in [3.63, 3.8) is 0 Å². The van der Waals surface area contributed by atoms with Crippen LogP contribution in [0.25, 0.3) is 0 Å². The Balaban J connectivity index is 1.86. The molecule has 0 radical (unpaired) electrons. The van der Waals surface area contributed by atoms with Gasteiger partial charge in [0.1, 0.15) is 5.75 Å². The second kappa shape index (κ2) is 7.17. The Kier molecular flexibility index (Phi) is 5.49. The molecule has 1 aromatic rings. The van der Waals surface area contributed by atoms with E-state index in [0.29, 0.717) is 12.5 Å². The lowest BCUT2D eigenvalue weighted by molar-refractivity contribution is -0.157. The zero-order chi connectivity index (χ0) is 16.2. The molecule has 122 valence electrons. The minimum absolute atomic E-state index is 0.0225. The first-order chi connectivity index (χ1) is 10.4. The van der Waals surface area contributed by atoms with Crippen LogP contribution < -0.4 is 4.74 Å². The Morgan fingerprint density at radius 2 is 1.95 bits per heavy atom. The Morgan fingerprint density at radius 3 is 2.55 bits per heavy atom. The van der Waals surface area contributed by atoms with Gasteiger partial charge in [-0.1, -0.05) is 39.3 Å². The van der Waals surface area contributed by atoms with E-state index >= 15 is 0 Å². The number of hydrogen-bond donors (Lipinski definition) is 0. The molecule has 0 heterocycles. The molecule has 3 nitrogen and oxygen atoms in total. The maximum absolute atomic E-state index is 12.5. The van der Waals surface area contributed by atoms with Crippen molar-refractivity contribution in [1.29, 1.82) is 0 Å². The average Bonchev–Trinajstić information content (AvgIpc) is 2.47. The lowest BCUT2D eigenvalue weighted by Gasteiger charge is -2.41. The van der Waals surface area contributed by atoms with E-state index in [1.807, 2.05) is 24.3 Å². The summed E-state index contributed by atoms with van der Waals surface area (Å²) in [6.07, 6.45) is 4.19. The Labute approximate surface area is 134 Å². The Morgan fingerprint density at radius 1 is 1.27 bits per heavy atom. The first-order valence-corrected chi connectivity index (χ1v) is 8.23. The van der Waals surface area contributed by atoms with Gasteiger partial charge in [-0.2, -0.15) is 0 Å². The van der Waals surface area contributed by atoms with Crippen LogP contribution in [0.3, 0.4) is 0 Å². The lowest BCUT2D eigenvalue weighted by atomic mass is 9.64. The van der Waals surface area contributed by atoms with Crippen molar-refractivity contribution in [2.75, 3.05) is 13.7 Å². The fourth-order valence-electron chi connectivity index (χ4n) is 3.67. The first kappa shape index (κ1) is 16.9. The van der Waals surface area contributed by atoms with Gasteiger partial charge in [-0.3, -0.25) is 4.79 Å². The molecule has 0 saturated heterocycles. The molecule has 1 fully saturated rings. The molecule has 3 heteroatoms. The van der Waals surface area contributed by atoms with Crippen molar-refractivity contribution in [2.24, 2.45) is 17.3 Å². The summed E-state index contributed by atoms with van der Waals surface area (Å²) in [5.41, 5.74) is 1.21. The summed E-state index contributed by atoms with van der Waals surface area (Å²) >= 11 is 0. The van der Waals surface area contributed by atoms with Gasteiger partial charge in [0.2, 0.25) is 0 Å². The maximum Gasteiger partial charge on any atom is 0.309 e. The van der Waals surface area contributed by atoms with E-state index in [2.05, 4.69) is 20.8 Å². The molecule has 0 N–H and O–H groups in total. The molecule has 1 saturated carbocycles. The summed E-state index contributed by atoms with van der Waals surface area (Å²) in [5.74, 6) is 1.26. The van der Waals surface area contributed by atoms with Gasteiger partial charge in [0.25, 0.3) is 0 Å². The fraction of sp³-hybridized carbons (Fsp3) is 0.632. The molecule has 0 aliphatic heterocycles. The number of carbonyl (C=O) groups is 1. The molecule has 2 rings (SSSR count). The van der Waals surface area contributed by atoms with Gasteiger partial charge < -0.3 is 9.47 Å². The van der Waals surface area contributed by atoms with Crippen LogP contribution in [0.1, 0.15) is 45.6 Å². The average molecular weight is 304 g/mol. The number of rotatable bonds is 5. The van der Waals surface area contributed by atoms with Gasteiger partial charge in [0, 0.05) is 6.42 Å². The summed E-state index contributed by atoms with van der Waals surface area (Å²) < 4.78 is 10.7. The third-order valence-corrected chi connectivity index (χ3v) is 4.94. The van der Waals surface area contributed by atoms with Gasteiger partial charge in [-0.25, -0.2) is 0 Å². The summed E-state index contributed by atoms with van der Waals surface area (Å²) in [7, 11) is 1.66. The maximum atomic E-state index is 12.5. The van der Waals surface area contributed by atoms with E-state index < -0.39 is 0 Å². The number of hydrogen-bond acceptors (Lipinski definition) is 3. The van der Waals surface area contributed by atoms with Gasteiger partial charge in [0.15, 0.2) is 0 Å². The highest BCUT2D eigenvalue weighted by molar-refractivity contribution is 5.73. The zero-order valence-electron chi connectivity index (χ0n) is 14.2. The number of methoxy groups -OCH3 is 1. The minimum Gasteiger partial charge on any atom is -0.497 e.